The molecular formula is C26H34Cl2N4O3. The van der Waals surface area contributed by atoms with Crippen LogP contribution in [0.1, 0.15) is 65.8 Å². The lowest BCUT2D eigenvalue weighted by Gasteiger charge is -2.38. The van der Waals surface area contributed by atoms with Crippen molar-refractivity contribution < 1.29 is 14.3 Å². The van der Waals surface area contributed by atoms with E-state index in [9.17, 15) is 4.79 Å². The van der Waals surface area contributed by atoms with Crippen molar-refractivity contribution in [2.45, 2.75) is 70.1 Å². The molecule has 190 valence electrons. The van der Waals surface area contributed by atoms with Gasteiger partial charge in [0.1, 0.15) is 5.69 Å². The molecule has 4 rings (SSSR count). The number of aromatic nitrogens is 2. The molecule has 2 fully saturated rings. The fourth-order valence-corrected chi connectivity index (χ4v) is 5.45. The van der Waals surface area contributed by atoms with E-state index >= 15 is 0 Å². The Labute approximate surface area is 217 Å². The molecule has 2 aromatic rings. The third kappa shape index (κ3) is 6.26. The summed E-state index contributed by atoms with van der Waals surface area (Å²) < 4.78 is 11.0. The monoisotopic (exact) mass is 520 g/mol. The predicted octanol–water partition coefficient (Wildman–Crippen LogP) is 4.84. The molecule has 1 aliphatic heterocycles. The maximum Gasteiger partial charge on any atom is 0.317 e. The van der Waals surface area contributed by atoms with Gasteiger partial charge in [-0.25, -0.2) is 0 Å². The average molecular weight is 521 g/mol. The normalized spacial score (nSPS) is 21.2. The number of hydrogen-bond donors (Lipinski definition) is 1. The number of carbonyl (C=O) groups excluding carboxylic acids is 1. The van der Waals surface area contributed by atoms with Crippen molar-refractivity contribution in [1.82, 2.24) is 20.2 Å². The largest absolute Gasteiger partial charge is 0.467 e. The summed E-state index contributed by atoms with van der Waals surface area (Å²) in [5.74, 6) is -0.0792. The third-order valence-corrected chi connectivity index (χ3v) is 7.94. The van der Waals surface area contributed by atoms with Crippen molar-refractivity contribution >= 4 is 29.1 Å². The second-order valence-electron chi connectivity index (χ2n) is 9.45. The molecule has 1 aliphatic carbocycles. The van der Waals surface area contributed by atoms with Gasteiger partial charge in [-0.15, -0.1) is 0 Å². The quantitative estimate of drug-likeness (QED) is 0.562. The molecular weight excluding hydrogens is 487 g/mol. The van der Waals surface area contributed by atoms with E-state index in [1.807, 2.05) is 24.0 Å². The van der Waals surface area contributed by atoms with Gasteiger partial charge >= 0.3 is 6.01 Å². The molecule has 1 amide bonds. The Morgan fingerprint density at radius 1 is 1.09 bits per heavy atom. The van der Waals surface area contributed by atoms with Gasteiger partial charge in [0.15, 0.2) is 0 Å². The summed E-state index contributed by atoms with van der Waals surface area (Å²) >= 11 is 12.2. The Morgan fingerprint density at radius 3 is 2.51 bits per heavy atom. The van der Waals surface area contributed by atoms with E-state index in [1.54, 1.807) is 13.2 Å². The Morgan fingerprint density at radius 2 is 1.83 bits per heavy atom. The Balaban J connectivity index is 1.44. The fraction of sp³-hybridized carbons (Fsp3) is 0.577. The summed E-state index contributed by atoms with van der Waals surface area (Å²) in [6.07, 6.45) is 7.35. The molecule has 9 heteroatoms. The minimum Gasteiger partial charge on any atom is -0.467 e. The molecule has 7 nitrogen and oxygen atoms in total. The first-order valence-corrected chi connectivity index (χ1v) is 13.1. The molecule has 0 spiro atoms. The van der Waals surface area contributed by atoms with Crippen LogP contribution in [0.3, 0.4) is 0 Å². The van der Waals surface area contributed by atoms with Crippen LogP contribution in [0.4, 0.5) is 0 Å². The molecule has 35 heavy (non-hydrogen) atoms. The van der Waals surface area contributed by atoms with Crippen molar-refractivity contribution in [3.63, 3.8) is 0 Å². The van der Waals surface area contributed by atoms with Crippen molar-refractivity contribution in [3.05, 3.63) is 50.8 Å². The number of nitrogens with one attached hydrogen (secondary N) is 1. The smallest absolute Gasteiger partial charge is 0.317 e. The second kappa shape index (κ2) is 11.9. The molecule has 0 radical (unpaired) electrons. The van der Waals surface area contributed by atoms with E-state index < -0.39 is 0 Å². The average Bonchev–Trinajstić information content (AvgIpc) is 2.88. The fourth-order valence-electron chi connectivity index (χ4n) is 5.13. The van der Waals surface area contributed by atoms with Crippen molar-refractivity contribution in [1.29, 1.82) is 0 Å². The Hall–Kier alpha value is -1.93. The number of halogens is 2. The number of methoxy groups -OCH3 is 2. The topological polar surface area (TPSA) is 76.6 Å². The highest BCUT2D eigenvalue weighted by molar-refractivity contribution is 6.42. The van der Waals surface area contributed by atoms with Crippen LogP contribution in [0, 0.1) is 6.92 Å². The van der Waals surface area contributed by atoms with Crippen LogP contribution in [0.5, 0.6) is 6.01 Å². The Bertz CT molecular complexity index is 1040. The molecule has 2 heterocycles. The van der Waals surface area contributed by atoms with E-state index in [1.165, 1.54) is 20.0 Å². The number of rotatable bonds is 7. The maximum atomic E-state index is 13.5. The highest BCUT2D eigenvalue weighted by atomic mass is 35.5. The summed E-state index contributed by atoms with van der Waals surface area (Å²) in [5.41, 5.74) is 2.83. The van der Waals surface area contributed by atoms with Crippen LogP contribution in [0.25, 0.3) is 0 Å². The number of hydrogen-bond acceptors (Lipinski definition) is 6. The first-order valence-electron chi connectivity index (χ1n) is 12.3. The van der Waals surface area contributed by atoms with Crippen LogP contribution in [0.2, 0.25) is 10.0 Å². The molecule has 1 aromatic heterocycles. The molecule has 1 aromatic carbocycles. The van der Waals surface area contributed by atoms with Gasteiger partial charge in [0.05, 0.1) is 29.0 Å². The molecule has 0 unspecified atom stereocenters. The lowest BCUT2D eigenvalue weighted by Crippen LogP contribution is -2.52. The number of benzene rings is 1. The highest BCUT2D eigenvalue weighted by Crippen LogP contribution is 2.27. The molecule has 2 atom stereocenters. The van der Waals surface area contributed by atoms with Crippen molar-refractivity contribution in [2.75, 3.05) is 27.3 Å². The van der Waals surface area contributed by atoms with Crippen LogP contribution < -0.4 is 10.1 Å². The zero-order valence-corrected chi connectivity index (χ0v) is 22.2. The maximum absolute atomic E-state index is 13.5. The minimum atomic E-state index is -0.0792. The van der Waals surface area contributed by atoms with Gasteiger partial charge in [-0.2, -0.15) is 9.97 Å². The summed E-state index contributed by atoms with van der Waals surface area (Å²) in [6.45, 7) is 3.27. The van der Waals surface area contributed by atoms with Crippen LogP contribution in [0.15, 0.2) is 18.2 Å². The molecule has 1 saturated carbocycles. The number of piperidine rings is 1. The predicted molar refractivity (Wildman–Crippen MR) is 138 cm³/mol. The van der Waals surface area contributed by atoms with Gasteiger partial charge in [-0.1, -0.05) is 42.1 Å². The number of ether oxygens (including phenoxy) is 2. The third-order valence-electron chi connectivity index (χ3n) is 7.20. The zero-order valence-electron chi connectivity index (χ0n) is 20.7. The molecule has 1 saturated heterocycles. The standard InChI is InChI=1S/C26H34Cl2N4O3/c1-16-22(15-17-8-9-19(27)20(28)14-17)30-26(35-3)31-24(16)25(33)32-12-10-18(11-13-32)29-21-6-4-5-7-23(21)34-2/h8-9,14,18,21,23,29H,4-7,10-13,15H2,1-3H3/t21-,23+/m0/s1. The lowest BCUT2D eigenvalue weighted by molar-refractivity contribution is 0.0329. The van der Waals surface area contributed by atoms with Gasteiger partial charge in [0.2, 0.25) is 0 Å². The van der Waals surface area contributed by atoms with Gasteiger partial charge in [-0.3, -0.25) is 4.79 Å². The summed E-state index contributed by atoms with van der Waals surface area (Å²) in [6, 6.07) is 6.47. The van der Waals surface area contributed by atoms with E-state index in [4.69, 9.17) is 32.7 Å². The first-order chi connectivity index (χ1) is 16.9. The second-order valence-corrected chi connectivity index (χ2v) is 10.3. The van der Waals surface area contributed by atoms with Gasteiger partial charge in [0, 0.05) is 44.3 Å². The Kier molecular flexibility index (Phi) is 8.87. The summed E-state index contributed by atoms with van der Waals surface area (Å²) in [4.78, 5) is 24.3. The number of amides is 1. The SMILES string of the molecule is COc1nc(Cc2ccc(Cl)c(Cl)c2)c(C)c(C(=O)N2CCC(N[C@H]3CCCC[C@H]3OC)CC2)n1. The first kappa shape index (κ1) is 26.1. The zero-order chi connectivity index (χ0) is 24.9. The van der Waals surface area contributed by atoms with Crippen LogP contribution >= 0.6 is 23.2 Å². The number of nitrogens with zero attached hydrogens (tertiary/aromatic N) is 3. The lowest BCUT2D eigenvalue weighted by atomic mass is 9.90. The minimum absolute atomic E-state index is 0.0792. The van der Waals surface area contributed by atoms with Gasteiger partial charge in [0.25, 0.3) is 5.91 Å². The van der Waals surface area contributed by atoms with E-state index in [0.29, 0.717) is 47.3 Å². The van der Waals surface area contributed by atoms with Crippen molar-refractivity contribution in [2.24, 2.45) is 0 Å². The highest BCUT2D eigenvalue weighted by Gasteiger charge is 2.31. The van der Waals surface area contributed by atoms with Crippen molar-refractivity contribution in [3.8, 4) is 6.01 Å². The molecule has 2 aliphatic rings. The van der Waals surface area contributed by atoms with Crippen LogP contribution in [-0.4, -0.2) is 66.3 Å². The van der Waals surface area contributed by atoms with Crippen LogP contribution in [-0.2, 0) is 11.2 Å². The van der Waals surface area contributed by atoms with E-state index in [0.717, 1.165) is 42.5 Å². The molecule has 1 N–H and O–H groups in total. The summed E-state index contributed by atoms with van der Waals surface area (Å²) in [5, 5.41) is 4.79. The van der Waals surface area contributed by atoms with Gasteiger partial charge < -0.3 is 19.7 Å². The van der Waals surface area contributed by atoms with E-state index in [2.05, 4.69) is 15.3 Å². The number of likely N-dealkylation sites (tertiary alicyclic amines) is 1. The summed E-state index contributed by atoms with van der Waals surface area (Å²) in [7, 11) is 3.32. The van der Waals surface area contributed by atoms with E-state index in [-0.39, 0.29) is 18.0 Å². The van der Waals surface area contributed by atoms with Gasteiger partial charge in [-0.05, 0) is 50.3 Å². The molecule has 0 bridgehead atoms. The number of carbonyl (C=O) groups is 1.